The fourth-order valence-corrected chi connectivity index (χ4v) is 8.08. The molecule has 0 saturated heterocycles. The Morgan fingerprint density at radius 1 is 0.810 bits per heavy atom. The maximum absolute atomic E-state index is 11.6. The minimum Gasteiger partial charge on any atom is -0.478 e. The summed E-state index contributed by atoms with van der Waals surface area (Å²) >= 11 is 0. The van der Waals surface area contributed by atoms with E-state index in [0.29, 0.717) is 5.20 Å². The highest BCUT2D eigenvalue weighted by Gasteiger charge is 2.37. The highest BCUT2D eigenvalue weighted by molar-refractivity contribution is 6.90. The second kappa shape index (κ2) is 12.0. The minimum atomic E-state index is -1.87. The quantitative estimate of drug-likeness (QED) is 0.236. The van der Waals surface area contributed by atoms with Gasteiger partial charge in [-0.3, -0.25) is 0 Å². The normalized spacial score (nSPS) is 11.6. The number of hydrogen-bond donors (Lipinski definition) is 1. The van der Waals surface area contributed by atoms with Gasteiger partial charge in [0.15, 0.2) is 0 Å². The number of unbranched alkanes of at least 4 members (excludes halogenated alkanes) is 6. The molecule has 2 nitrogen and oxygen atoms in total. The molecule has 0 aromatic heterocycles. The Labute approximate surface area is 133 Å². The molecule has 0 aliphatic rings. The Bertz CT molecular complexity index is 273. The lowest BCUT2D eigenvalue weighted by molar-refractivity contribution is -0.132. The average Bonchev–Trinajstić information content (AvgIpc) is 2.46. The zero-order valence-corrected chi connectivity index (χ0v) is 15.5. The van der Waals surface area contributed by atoms with Crippen molar-refractivity contribution in [2.24, 2.45) is 0 Å². The van der Waals surface area contributed by atoms with Crippen LogP contribution in [-0.4, -0.2) is 19.1 Å². The molecule has 124 valence electrons. The first-order chi connectivity index (χ1) is 10.0. The molecule has 0 unspecified atom stereocenters. The predicted molar refractivity (Wildman–Crippen MR) is 95.5 cm³/mol. The summed E-state index contributed by atoms with van der Waals surface area (Å²) in [6.07, 6.45) is 10.8. The van der Waals surface area contributed by atoms with Gasteiger partial charge in [0, 0.05) is 5.20 Å². The molecule has 0 spiro atoms. The Balaban J connectivity index is 4.95. The van der Waals surface area contributed by atoms with Crippen molar-refractivity contribution in [3.63, 3.8) is 0 Å². The zero-order valence-electron chi connectivity index (χ0n) is 14.5. The number of aliphatic carboxylic acids is 1. The molecule has 0 atom stereocenters. The monoisotopic (exact) mass is 312 g/mol. The molecule has 0 radical (unpaired) electrons. The van der Waals surface area contributed by atoms with Crippen LogP contribution in [0.5, 0.6) is 0 Å². The standard InChI is InChI=1S/C18H36O2Si/c1-5-8-11-14-21(15-12-9-6-2,16-13-10-7-3)17(4)18(19)20/h4-16H2,1-3H3,(H,19,20). The molecule has 3 heteroatoms. The van der Waals surface area contributed by atoms with E-state index in [-0.39, 0.29) is 0 Å². The van der Waals surface area contributed by atoms with E-state index in [4.69, 9.17) is 0 Å². The van der Waals surface area contributed by atoms with E-state index in [2.05, 4.69) is 27.4 Å². The van der Waals surface area contributed by atoms with Gasteiger partial charge in [0.05, 0.1) is 8.07 Å². The molecule has 0 saturated carbocycles. The van der Waals surface area contributed by atoms with Crippen molar-refractivity contribution < 1.29 is 9.90 Å². The van der Waals surface area contributed by atoms with Crippen molar-refractivity contribution in [2.45, 2.75) is 96.7 Å². The van der Waals surface area contributed by atoms with E-state index in [0.717, 1.165) is 18.1 Å². The summed E-state index contributed by atoms with van der Waals surface area (Å²) in [5, 5.41) is 10.1. The van der Waals surface area contributed by atoms with Gasteiger partial charge in [0.1, 0.15) is 0 Å². The summed E-state index contributed by atoms with van der Waals surface area (Å²) in [4.78, 5) is 11.6. The molecular formula is C18H36O2Si. The van der Waals surface area contributed by atoms with Crippen molar-refractivity contribution >= 4 is 14.0 Å². The first-order valence-electron chi connectivity index (χ1n) is 8.96. The van der Waals surface area contributed by atoms with Crippen molar-refractivity contribution in [1.29, 1.82) is 0 Å². The highest BCUT2D eigenvalue weighted by atomic mass is 28.3. The number of carbonyl (C=O) groups is 1. The van der Waals surface area contributed by atoms with Gasteiger partial charge in [0.25, 0.3) is 0 Å². The third kappa shape index (κ3) is 7.84. The van der Waals surface area contributed by atoms with Crippen LogP contribution in [0.1, 0.15) is 78.6 Å². The molecule has 0 aromatic carbocycles. The second-order valence-corrected chi connectivity index (χ2v) is 11.1. The summed E-state index contributed by atoms with van der Waals surface area (Å²) in [6, 6.07) is 3.41. The van der Waals surface area contributed by atoms with Crippen molar-refractivity contribution in [3.05, 3.63) is 11.8 Å². The fraction of sp³-hybridized carbons (Fsp3) is 0.833. The van der Waals surface area contributed by atoms with Crippen molar-refractivity contribution in [2.75, 3.05) is 0 Å². The third-order valence-electron chi connectivity index (χ3n) is 4.67. The summed E-state index contributed by atoms with van der Waals surface area (Å²) in [6.45, 7) is 10.7. The van der Waals surface area contributed by atoms with Crippen LogP contribution in [0.4, 0.5) is 0 Å². The zero-order chi connectivity index (χ0) is 16.1. The number of carboxylic acids is 1. The van der Waals surface area contributed by atoms with E-state index in [1.165, 1.54) is 57.8 Å². The molecule has 0 amide bonds. The van der Waals surface area contributed by atoms with E-state index in [1.54, 1.807) is 0 Å². The van der Waals surface area contributed by atoms with Crippen LogP contribution in [0.15, 0.2) is 11.8 Å². The van der Waals surface area contributed by atoms with Crippen LogP contribution in [0, 0.1) is 0 Å². The van der Waals surface area contributed by atoms with Crippen LogP contribution >= 0.6 is 0 Å². The Morgan fingerprint density at radius 3 is 1.38 bits per heavy atom. The van der Waals surface area contributed by atoms with E-state index in [9.17, 15) is 9.90 Å². The first kappa shape index (κ1) is 20.4. The summed E-state index contributed by atoms with van der Waals surface area (Å²) in [5.74, 6) is -0.730. The van der Waals surface area contributed by atoms with Crippen LogP contribution in [0.3, 0.4) is 0 Å². The van der Waals surface area contributed by atoms with E-state index < -0.39 is 14.0 Å². The Hall–Kier alpha value is -0.573. The van der Waals surface area contributed by atoms with E-state index in [1.807, 2.05) is 0 Å². The van der Waals surface area contributed by atoms with Gasteiger partial charge in [-0.1, -0.05) is 103 Å². The first-order valence-corrected chi connectivity index (χ1v) is 11.6. The lowest BCUT2D eigenvalue weighted by Gasteiger charge is -2.32. The number of carboxylic acid groups (broad SMARTS) is 1. The van der Waals surface area contributed by atoms with Crippen LogP contribution < -0.4 is 0 Å². The molecule has 0 aromatic rings. The molecular weight excluding hydrogens is 276 g/mol. The average molecular weight is 313 g/mol. The SMILES string of the molecule is C=C(C(=O)O)[Si](CCCCC)(CCCCC)CCCCC. The number of rotatable bonds is 14. The lowest BCUT2D eigenvalue weighted by atomic mass is 10.3. The minimum absolute atomic E-state index is 0.603. The van der Waals surface area contributed by atoms with Gasteiger partial charge in [-0.15, -0.1) is 0 Å². The molecule has 0 rings (SSSR count). The Kier molecular flexibility index (Phi) is 11.7. The van der Waals surface area contributed by atoms with Crippen LogP contribution in [-0.2, 0) is 4.79 Å². The summed E-state index contributed by atoms with van der Waals surface area (Å²) in [5.41, 5.74) is 0. The maximum Gasteiger partial charge on any atom is 0.326 e. The Morgan fingerprint density at radius 2 is 1.14 bits per heavy atom. The maximum atomic E-state index is 11.6. The molecule has 0 bridgehead atoms. The topological polar surface area (TPSA) is 37.3 Å². The van der Waals surface area contributed by atoms with Gasteiger partial charge < -0.3 is 5.11 Å². The largest absolute Gasteiger partial charge is 0.478 e. The summed E-state index contributed by atoms with van der Waals surface area (Å²) in [7, 11) is -1.87. The van der Waals surface area contributed by atoms with Crippen LogP contribution in [0.2, 0.25) is 18.1 Å². The van der Waals surface area contributed by atoms with Crippen LogP contribution in [0.25, 0.3) is 0 Å². The van der Waals surface area contributed by atoms with Gasteiger partial charge in [-0.25, -0.2) is 4.79 Å². The van der Waals surface area contributed by atoms with Crippen molar-refractivity contribution in [3.8, 4) is 0 Å². The molecule has 1 N–H and O–H groups in total. The molecule has 0 aliphatic carbocycles. The molecule has 21 heavy (non-hydrogen) atoms. The number of hydrogen-bond acceptors (Lipinski definition) is 1. The smallest absolute Gasteiger partial charge is 0.326 e. The fourth-order valence-electron chi connectivity index (χ4n) is 3.19. The van der Waals surface area contributed by atoms with Crippen molar-refractivity contribution in [1.82, 2.24) is 0 Å². The van der Waals surface area contributed by atoms with Gasteiger partial charge in [-0.05, 0) is 0 Å². The van der Waals surface area contributed by atoms with Gasteiger partial charge >= 0.3 is 5.97 Å². The molecule has 0 heterocycles. The third-order valence-corrected chi connectivity index (χ3v) is 10.1. The lowest BCUT2D eigenvalue weighted by Crippen LogP contribution is -2.40. The predicted octanol–water partition coefficient (Wildman–Crippen LogP) is 6.19. The summed E-state index contributed by atoms with van der Waals surface area (Å²) < 4.78 is 0. The molecule has 0 fully saturated rings. The van der Waals surface area contributed by atoms with Gasteiger partial charge in [0.2, 0.25) is 0 Å². The molecule has 0 aliphatic heterocycles. The van der Waals surface area contributed by atoms with E-state index >= 15 is 0 Å². The second-order valence-electron chi connectivity index (χ2n) is 6.44. The highest BCUT2D eigenvalue weighted by Crippen LogP contribution is 2.34. The van der Waals surface area contributed by atoms with Gasteiger partial charge in [-0.2, -0.15) is 0 Å².